The van der Waals surface area contributed by atoms with Gasteiger partial charge in [-0.25, -0.2) is 13.4 Å². The van der Waals surface area contributed by atoms with E-state index in [4.69, 9.17) is 16.9 Å². The molecule has 0 aliphatic carbocycles. The van der Waals surface area contributed by atoms with Gasteiger partial charge >= 0.3 is 0 Å². The van der Waals surface area contributed by atoms with Gasteiger partial charge in [0.1, 0.15) is 11.9 Å². The summed E-state index contributed by atoms with van der Waals surface area (Å²) >= 11 is 5.75. The average Bonchev–Trinajstić information content (AvgIpc) is 2.47. The number of hydrogen-bond donors (Lipinski definition) is 1. The van der Waals surface area contributed by atoms with Crippen molar-refractivity contribution in [2.75, 3.05) is 4.72 Å². The summed E-state index contributed by atoms with van der Waals surface area (Å²) in [7, 11) is -3.67. The molecule has 0 radical (unpaired) electrons. The fraction of sp³-hybridized carbons (Fsp3) is 0. The minimum atomic E-state index is -3.67. The molecule has 7 heteroatoms. The number of nitrogens with zero attached hydrogens (tertiary/aromatic N) is 2. The SMILES string of the molecule is N#Cc1ccc(NS(=O)(=O)/C=C/c2ccc(Cl)cc2)nc1. The standard InChI is InChI=1S/C14H10ClN3O2S/c15-13-4-1-11(2-5-13)7-8-21(19,20)18-14-6-3-12(9-16)10-17-14/h1-8,10H,(H,17,18)/b8-7+. The molecule has 0 unspecified atom stereocenters. The third-order valence-electron chi connectivity index (χ3n) is 2.45. The molecule has 0 aliphatic rings. The molecular formula is C14H10ClN3O2S. The van der Waals surface area contributed by atoms with Crippen molar-refractivity contribution in [1.82, 2.24) is 4.98 Å². The summed E-state index contributed by atoms with van der Waals surface area (Å²) in [5, 5.41) is 10.3. The molecule has 0 fully saturated rings. The number of aromatic nitrogens is 1. The van der Waals surface area contributed by atoms with Crippen molar-refractivity contribution in [2.24, 2.45) is 0 Å². The first-order valence-electron chi connectivity index (χ1n) is 5.81. The molecule has 1 heterocycles. The Kier molecular flexibility index (Phi) is 4.58. The number of sulfonamides is 1. The minimum Gasteiger partial charge on any atom is -0.264 e. The van der Waals surface area contributed by atoms with Crippen molar-refractivity contribution >= 4 is 33.5 Å². The topological polar surface area (TPSA) is 82.9 Å². The van der Waals surface area contributed by atoms with Gasteiger partial charge in [-0.1, -0.05) is 23.7 Å². The number of halogens is 1. The van der Waals surface area contributed by atoms with Gasteiger partial charge in [0, 0.05) is 11.2 Å². The molecule has 0 amide bonds. The Morgan fingerprint density at radius 3 is 2.48 bits per heavy atom. The Balaban J connectivity index is 2.11. The first kappa shape index (κ1) is 15.0. The molecule has 0 saturated heterocycles. The zero-order chi connectivity index (χ0) is 15.3. The van der Waals surface area contributed by atoms with Crippen molar-refractivity contribution < 1.29 is 8.42 Å². The van der Waals surface area contributed by atoms with Crippen LogP contribution in [0.3, 0.4) is 0 Å². The molecule has 21 heavy (non-hydrogen) atoms. The van der Waals surface area contributed by atoms with Crippen LogP contribution in [-0.2, 0) is 10.0 Å². The van der Waals surface area contributed by atoms with Gasteiger partial charge in [0.05, 0.1) is 11.0 Å². The second-order valence-corrected chi connectivity index (χ2v) is 6.05. The highest BCUT2D eigenvalue weighted by molar-refractivity contribution is 7.95. The molecule has 1 aromatic carbocycles. The van der Waals surface area contributed by atoms with Crippen molar-refractivity contribution in [3.05, 3.63) is 64.2 Å². The monoisotopic (exact) mass is 319 g/mol. The van der Waals surface area contributed by atoms with Crippen LogP contribution in [0.4, 0.5) is 5.82 Å². The Bertz CT molecular complexity index is 792. The van der Waals surface area contributed by atoms with Gasteiger partial charge in [0.25, 0.3) is 10.0 Å². The highest BCUT2D eigenvalue weighted by atomic mass is 35.5. The van der Waals surface area contributed by atoms with Crippen molar-refractivity contribution in [1.29, 1.82) is 5.26 Å². The third-order valence-corrected chi connectivity index (χ3v) is 3.69. The molecule has 0 spiro atoms. The molecule has 0 atom stereocenters. The van der Waals surface area contributed by atoms with Crippen LogP contribution in [0.15, 0.2) is 48.0 Å². The predicted octanol–water partition coefficient (Wildman–Crippen LogP) is 3.02. The van der Waals surface area contributed by atoms with Gasteiger partial charge in [0.15, 0.2) is 0 Å². The fourth-order valence-electron chi connectivity index (χ4n) is 1.44. The number of pyridine rings is 1. The Hall–Kier alpha value is -2.36. The smallest absolute Gasteiger partial charge is 0.256 e. The average molecular weight is 320 g/mol. The summed E-state index contributed by atoms with van der Waals surface area (Å²) < 4.78 is 26.0. The quantitative estimate of drug-likeness (QED) is 0.939. The summed E-state index contributed by atoms with van der Waals surface area (Å²) in [6, 6.07) is 11.6. The lowest BCUT2D eigenvalue weighted by Gasteiger charge is -2.03. The number of anilines is 1. The summed E-state index contributed by atoms with van der Waals surface area (Å²) in [5.74, 6) is 0.148. The summed E-state index contributed by atoms with van der Waals surface area (Å²) in [5.41, 5.74) is 1.06. The number of rotatable bonds is 4. The number of nitriles is 1. The maximum atomic E-state index is 11.9. The van der Waals surface area contributed by atoms with E-state index in [9.17, 15) is 8.42 Å². The van der Waals surface area contributed by atoms with Crippen molar-refractivity contribution in [3.8, 4) is 6.07 Å². The highest BCUT2D eigenvalue weighted by Crippen LogP contribution is 2.12. The van der Waals surface area contributed by atoms with E-state index in [0.717, 1.165) is 5.41 Å². The molecule has 0 bridgehead atoms. The van der Waals surface area contributed by atoms with Crippen LogP contribution in [0.2, 0.25) is 5.02 Å². The van der Waals surface area contributed by atoms with Crippen LogP contribution >= 0.6 is 11.6 Å². The van der Waals surface area contributed by atoms with E-state index in [1.807, 2.05) is 6.07 Å². The molecule has 2 aromatic rings. The van der Waals surface area contributed by atoms with Gasteiger partial charge < -0.3 is 0 Å². The second kappa shape index (κ2) is 6.39. The van der Waals surface area contributed by atoms with Crippen LogP contribution in [0.5, 0.6) is 0 Å². The molecule has 0 saturated carbocycles. The largest absolute Gasteiger partial charge is 0.264 e. The van der Waals surface area contributed by atoms with Gasteiger partial charge in [-0.3, -0.25) is 4.72 Å². The van der Waals surface area contributed by atoms with E-state index in [1.54, 1.807) is 24.3 Å². The van der Waals surface area contributed by atoms with E-state index in [-0.39, 0.29) is 5.82 Å². The maximum absolute atomic E-state index is 11.9. The summed E-state index contributed by atoms with van der Waals surface area (Å²) in [6.45, 7) is 0. The maximum Gasteiger partial charge on any atom is 0.256 e. The van der Waals surface area contributed by atoms with E-state index in [0.29, 0.717) is 16.1 Å². The van der Waals surface area contributed by atoms with Crippen molar-refractivity contribution in [2.45, 2.75) is 0 Å². The van der Waals surface area contributed by atoms with E-state index in [2.05, 4.69) is 9.71 Å². The van der Waals surface area contributed by atoms with E-state index in [1.165, 1.54) is 24.4 Å². The second-order valence-electron chi connectivity index (χ2n) is 4.05. The molecule has 2 rings (SSSR count). The number of hydrogen-bond acceptors (Lipinski definition) is 4. The molecule has 5 nitrogen and oxygen atoms in total. The Morgan fingerprint density at radius 1 is 1.19 bits per heavy atom. The van der Waals surface area contributed by atoms with Gasteiger partial charge in [-0.15, -0.1) is 0 Å². The van der Waals surface area contributed by atoms with E-state index >= 15 is 0 Å². The lowest BCUT2D eigenvalue weighted by atomic mass is 10.2. The van der Waals surface area contributed by atoms with Crippen molar-refractivity contribution in [3.63, 3.8) is 0 Å². The molecule has 0 aliphatic heterocycles. The van der Waals surface area contributed by atoms with Gasteiger partial charge in [-0.2, -0.15) is 5.26 Å². The van der Waals surface area contributed by atoms with Crippen LogP contribution in [0.25, 0.3) is 6.08 Å². The molecule has 1 aromatic heterocycles. The van der Waals surface area contributed by atoms with Crippen LogP contribution in [-0.4, -0.2) is 13.4 Å². The van der Waals surface area contributed by atoms with Crippen LogP contribution < -0.4 is 4.72 Å². The van der Waals surface area contributed by atoms with E-state index < -0.39 is 10.0 Å². The molecular weight excluding hydrogens is 310 g/mol. The Labute approximate surface area is 127 Å². The predicted molar refractivity (Wildman–Crippen MR) is 82.0 cm³/mol. The van der Waals surface area contributed by atoms with Gasteiger partial charge in [-0.05, 0) is 35.9 Å². The third kappa shape index (κ3) is 4.60. The summed E-state index contributed by atoms with van der Waals surface area (Å²) in [6.07, 6.45) is 2.74. The lowest BCUT2D eigenvalue weighted by molar-refractivity contribution is 0.609. The zero-order valence-electron chi connectivity index (χ0n) is 10.7. The van der Waals surface area contributed by atoms with Crippen LogP contribution in [0, 0.1) is 11.3 Å². The lowest BCUT2D eigenvalue weighted by Crippen LogP contribution is -2.09. The summed E-state index contributed by atoms with van der Waals surface area (Å²) in [4.78, 5) is 3.84. The van der Waals surface area contributed by atoms with Crippen LogP contribution in [0.1, 0.15) is 11.1 Å². The zero-order valence-corrected chi connectivity index (χ0v) is 12.3. The number of nitrogens with one attached hydrogen (secondary N) is 1. The van der Waals surface area contributed by atoms with Gasteiger partial charge in [0.2, 0.25) is 0 Å². The fourth-order valence-corrected chi connectivity index (χ4v) is 2.38. The molecule has 1 N–H and O–H groups in total. The first-order valence-corrected chi connectivity index (χ1v) is 7.73. The minimum absolute atomic E-state index is 0.148. The Morgan fingerprint density at radius 2 is 1.90 bits per heavy atom. The highest BCUT2D eigenvalue weighted by Gasteiger charge is 2.06. The number of benzene rings is 1. The normalized spacial score (nSPS) is 11.2. The molecule has 106 valence electrons. The first-order chi connectivity index (χ1) is 9.98.